The second kappa shape index (κ2) is 6.08. The summed E-state index contributed by atoms with van der Waals surface area (Å²) >= 11 is 0. The Balaban J connectivity index is 2.00. The Kier molecular flexibility index (Phi) is 3.97. The predicted molar refractivity (Wildman–Crippen MR) is 84.0 cm³/mol. The molecular formula is C17H17NO5. The first kappa shape index (κ1) is 15.0. The molecule has 1 unspecified atom stereocenters. The molecule has 0 radical (unpaired) electrons. The quantitative estimate of drug-likeness (QED) is 0.672. The van der Waals surface area contributed by atoms with Gasteiger partial charge in [0.2, 0.25) is 0 Å². The number of hydrogen-bond donors (Lipinski definition) is 2. The van der Waals surface area contributed by atoms with Crippen LogP contribution in [-0.2, 0) is 0 Å². The van der Waals surface area contributed by atoms with Gasteiger partial charge in [-0.2, -0.15) is 0 Å². The van der Waals surface area contributed by atoms with Gasteiger partial charge in [0.1, 0.15) is 29.1 Å². The molecule has 2 N–H and O–H groups in total. The van der Waals surface area contributed by atoms with E-state index >= 15 is 0 Å². The molecule has 6 heteroatoms. The Hall–Kier alpha value is -2.89. The predicted octanol–water partition coefficient (Wildman–Crippen LogP) is 3.11. The van der Waals surface area contributed by atoms with Crippen molar-refractivity contribution < 1.29 is 24.5 Å². The van der Waals surface area contributed by atoms with Crippen molar-refractivity contribution in [3.8, 4) is 23.0 Å². The number of aromatic hydroxyl groups is 1. The van der Waals surface area contributed by atoms with Gasteiger partial charge in [-0.25, -0.2) is 0 Å². The molecule has 0 spiro atoms. The topological polar surface area (TPSA) is 80.5 Å². The number of phenols is 1. The van der Waals surface area contributed by atoms with Gasteiger partial charge in [-0.3, -0.25) is 0 Å². The standard InChI is InChI=1S/C17H17NO5/c1-21-11-5-3-10(4-6-11)15-9-13(18-20)17-14(19)7-12(22-2)8-16(17)23-15/h3-8,15,19-20H,9H2,1-2H3/b18-13+. The molecule has 6 nitrogen and oxygen atoms in total. The zero-order valence-electron chi connectivity index (χ0n) is 12.8. The Bertz CT molecular complexity index is 739. The third kappa shape index (κ3) is 2.75. The Morgan fingerprint density at radius 3 is 2.39 bits per heavy atom. The summed E-state index contributed by atoms with van der Waals surface area (Å²) in [5, 5.41) is 22.8. The lowest BCUT2D eigenvalue weighted by Crippen LogP contribution is -2.21. The van der Waals surface area contributed by atoms with Crippen LogP contribution < -0.4 is 14.2 Å². The Labute approximate surface area is 133 Å². The largest absolute Gasteiger partial charge is 0.507 e. The van der Waals surface area contributed by atoms with Gasteiger partial charge in [0.25, 0.3) is 0 Å². The summed E-state index contributed by atoms with van der Waals surface area (Å²) in [6.07, 6.45) is 0.0150. The van der Waals surface area contributed by atoms with E-state index in [2.05, 4.69) is 5.16 Å². The molecule has 1 heterocycles. The van der Waals surface area contributed by atoms with Crippen molar-refractivity contribution in [2.24, 2.45) is 5.16 Å². The molecular weight excluding hydrogens is 298 g/mol. The average molecular weight is 315 g/mol. The van der Waals surface area contributed by atoms with Gasteiger partial charge in [0, 0.05) is 18.6 Å². The lowest BCUT2D eigenvalue weighted by Gasteiger charge is -2.27. The molecule has 23 heavy (non-hydrogen) atoms. The van der Waals surface area contributed by atoms with Crippen LogP contribution in [0.3, 0.4) is 0 Å². The van der Waals surface area contributed by atoms with Crippen molar-refractivity contribution in [3.63, 3.8) is 0 Å². The molecule has 1 aliphatic rings. The fourth-order valence-corrected chi connectivity index (χ4v) is 2.64. The molecule has 0 saturated heterocycles. The van der Waals surface area contributed by atoms with Crippen molar-refractivity contribution in [2.75, 3.05) is 14.2 Å². The molecule has 0 aliphatic carbocycles. The molecule has 0 aromatic heterocycles. The number of phenolic OH excluding ortho intramolecular Hbond substituents is 1. The normalized spacial score (nSPS) is 18.2. The maximum atomic E-state index is 10.1. The number of rotatable bonds is 3. The molecule has 1 atom stereocenters. The average Bonchev–Trinajstić information content (AvgIpc) is 2.60. The van der Waals surface area contributed by atoms with Crippen LogP contribution in [-0.4, -0.2) is 30.2 Å². The van der Waals surface area contributed by atoms with E-state index < -0.39 is 0 Å². The van der Waals surface area contributed by atoms with E-state index in [9.17, 15) is 10.3 Å². The van der Waals surface area contributed by atoms with Crippen molar-refractivity contribution >= 4 is 5.71 Å². The third-order valence-electron chi connectivity index (χ3n) is 3.84. The number of fused-ring (bicyclic) bond motifs is 1. The van der Waals surface area contributed by atoms with E-state index in [0.29, 0.717) is 29.2 Å². The summed E-state index contributed by atoms with van der Waals surface area (Å²) < 4.78 is 16.3. The highest BCUT2D eigenvalue weighted by atomic mass is 16.5. The lowest BCUT2D eigenvalue weighted by molar-refractivity contribution is 0.200. The second-order valence-electron chi connectivity index (χ2n) is 5.15. The summed E-state index contributed by atoms with van der Waals surface area (Å²) in [5.41, 5.74) is 1.67. The van der Waals surface area contributed by atoms with Crippen LogP contribution in [0, 0.1) is 0 Å². The first-order valence-corrected chi connectivity index (χ1v) is 7.09. The van der Waals surface area contributed by atoms with Crippen molar-refractivity contribution in [1.29, 1.82) is 0 Å². The summed E-state index contributed by atoms with van der Waals surface area (Å²) in [7, 11) is 3.11. The lowest BCUT2D eigenvalue weighted by atomic mass is 9.95. The fourth-order valence-electron chi connectivity index (χ4n) is 2.64. The fraction of sp³-hybridized carbons (Fsp3) is 0.235. The van der Waals surface area contributed by atoms with Crippen LogP contribution in [0.4, 0.5) is 0 Å². The maximum absolute atomic E-state index is 10.1. The Morgan fingerprint density at radius 2 is 1.78 bits per heavy atom. The molecule has 1 aliphatic heterocycles. The highest BCUT2D eigenvalue weighted by molar-refractivity contribution is 6.06. The SMILES string of the molecule is COc1ccc(C2C/C(=N\O)c3c(O)cc(OC)cc3O2)cc1. The van der Waals surface area contributed by atoms with Gasteiger partial charge in [-0.05, 0) is 17.7 Å². The summed E-state index contributed by atoms with van der Waals surface area (Å²) in [5.74, 6) is 1.59. The molecule has 0 fully saturated rings. The number of oxime groups is 1. The van der Waals surface area contributed by atoms with Gasteiger partial charge >= 0.3 is 0 Å². The summed E-state index contributed by atoms with van der Waals surface area (Å²) in [6, 6.07) is 10.6. The molecule has 0 bridgehead atoms. The number of hydrogen-bond acceptors (Lipinski definition) is 6. The van der Waals surface area contributed by atoms with Gasteiger partial charge in [-0.1, -0.05) is 17.3 Å². The monoisotopic (exact) mass is 315 g/mol. The van der Waals surface area contributed by atoms with Crippen LogP contribution in [0.5, 0.6) is 23.0 Å². The third-order valence-corrected chi connectivity index (χ3v) is 3.84. The number of nitrogens with zero attached hydrogens (tertiary/aromatic N) is 1. The minimum Gasteiger partial charge on any atom is -0.507 e. The number of ether oxygens (including phenoxy) is 3. The minimum absolute atomic E-state index is 0.0414. The molecule has 0 amide bonds. The van der Waals surface area contributed by atoms with Gasteiger partial charge in [-0.15, -0.1) is 0 Å². The van der Waals surface area contributed by atoms with E-state index in [1.165, 1.54) is 13.2 Å². The van der Waals surface area contributed by atoms with Crippen LogP contribution in [0.15, 0.2) is 41.6 Å². The second-order valence-corrected chi connectivity index (χ2v) is 5.15. The smallest absolute Gasteiger partial charge is 0.136 e. The van der Waals surface area contributed by atoms with Crippen LogP contribution in [0.25, 0.3) is 0 Å². The summed E-state index contributed by atoms with van der Waals surface area (Å²) in [6.45, 7) is 0. The van der Waals surface area contributed by atoms with Crippen molar-refractivity contribution in [1.82, 2.24) is 0 Å². The van der Waals surface area contributed by atoms with Crippen molar-refractivity contribution in [2.45, 2.75) is 12.5 Å². The highest BCUT2D eigenvalue weighted by Gasteiger charge is 2.30. The zero-order valence-corrected chi connectivity index (χ0v) is 12.8. The molecule has 120 valence electrons. The van der Waals surface area contributed by atoms with Crippen LogP contribution >= 0.6 is 0 Å². The molecule has 3 rings (SSSR count). The molecule has 2 aromatic carbocycles. The number of methoxy groups -OCH3 is 2. The van der Waals surface area contributed by atoms with Crippen LogP contribution in [0.1, 0.15) is 23.7 Å². The molecule has 0 saturated carbocycles. The van der Waals surface area contributed by atoms with Gasteiger partial charge < -0.3 is 24.5 Å². The van der Waals surface area contributed by atoms with E-state index in [-0.39, 0.29) is 11.9 Å². The van der Waals surface area contributed by atoms with E-state index in [4.69, 9.17) is 14.2 Å². The highest BCUT2D eigenvalue weighted by Crippen LogP contribution is 2.42. The maximum Gasteiger partial charge on any atom is 0.136 e. The van der Waals surface area contributed by atoms with Crippen LogP contribution in [0.2, 0.25) is 0 Å². The van der Waals surface area contributed by atoms with Gasteiger partial charge in [0.05, 0.1) is 25.5 Å². The first-order chi connectivity index (χ1) is 11.2. The molecule has 2 aromatic rings. The van der Waals surface area contributed by atoms with E-state index in [1.807, 2.05) is 24.3 Å². The zero-order chi connectivity index (χ0) is 16.4. The van der Waals surface area contributed by atoms with Gasteiger partial charge in [0.15, 0.2) is 0 Å². The van der Waals surface area contributed by atoms with E-state index in [0.717, 1.165) is 11.3 Å². The summed E-state index contributed by atoms with van der Waals surface area (Å²) in [4.78, 5) is 0. The minimum atomic E-state index is -0.328. The first-order valence-electron chi connectivity index (χ1n) is 7.09. The van der Waals surface area contributed by atoms with E-state index in [1.54, 1.807) is 13.2 Å². The van der Waals surface area contributed by atoms with Crippen molar-refractivity contribution in [3.05, 3.63) is 47.5 Å². The Morgan fingerprint density at radius 1 is 1.09 bits per heavy atom. The number of benzene rings is 2.